The van der Waals surface area contributed by atoms with Crippen LogP contribution in [0.3, 0.4) is 0 Å². The van der Waals surface area contributed by atoms with Gasteiger partial charge in [-0.3, -0.25) is 9.59 Å². The molecule has 1 N–H and O–H groups in total. The number of ether oxygens (including phenoxy) is 1. The summed E-state index contributed by atoms with van der Waals surface area (Å²) < 4.78 is 6.25. The summed E-state index contributed by atoms with van der Waals surface area (Å²) in [4.78, 5) is 25.8. The molecule has 4 aliphatic rings. The van der Waals surface area contributed by atoms with Crippen LogP contribution in [0.25, 0.3) is 10.8 Å². The van der Waals surface area contributed by atoms with Crippen LogP contribution >= 0.6 is 39.3 Å². The number of amides is 1. The van der Waals surface area contributed by atoms with Crippen molar-refractivity contribution in [3.8, 4) is 0 Å². The fourth-order valence-electron chi connectivity index (χ4n) is 6.34. The van der Waals surface area contributed by atoms with Crippen LogP contribution in [0.4, 0.5) is 0 Å². The quantitative estimate of drug-likeness (QED) is 0.375. The number of carbonyl (C=O) groups excluding carboxylic acids is 2. The zero-order chi connectivity index (χ0) is 21.6. The maximum Gasteiger partial charge on any atom is 0.316 e. The van der Waals surface area contributed by atoms with Crippen LogP contribution in [0.1, 0.15) is 38.5 Å². The second kappa shape index (κ2) is 8.60. The zero-order valence-corrected chi connectivity index (χ0v) is 20.3. The number of nitrogens with one attached hydrogen (secondary N) is 1. The normalized spacial score (nSPS) is 28.6. The van der Waals surface area contributed by atoms with Crippen LogP contribution in [-0.4, -0.2) is 29.8 Å². The van der Waals surface area contributed by atoms with Gasteiger partial charge in [-0.15, -0.1) is 11.8 Å². The summed E-state index contributed by atoms with van der Waals surface area (Å²) in [6.45, 7) is -0.205. The van der Waals surface area contributed by atoms with Crippen molar-refractivity contribution in [2.45, 2.75) is 49.0 Å². The van der Waals surface area contributed by atoms with E-state index in [1.807, 2.05) is 30.3 Å². The number of fused-ring (bicyclic) bond motifs is 1. The van der Waals surface area contributed by atoms with E-state index in [4.69, 9.17) is 16.3 Å². The number of benzene rings is 2. The molecule has 0 heterocycles. The molecule has 164 valence electrons. The lowest BCUT2D eigenvalue weighted by Crippen LogP contribution is -2.60. The van der Waals surface area contributed by atoms with Crippen LogP contribution in [0.2, 0.25) is 5.02 Å². The third-order valence-corrected chi connectivity index (χ3v) is 9.09. The van der Waals surface area contributed by atoms with Crippen molar-refractivity contribution in [2.75, 3.05) is 12.4 Å². The number of hydrogen-bond donors (Lipinski definition) is 1. The SMILES string of the molecule is O=C(COC(=O)CSc1ccc(Br)c2cccc(Cl)c12)NC12CC3CC(CC(C3)C1)C2. The molecule has 7 heteroatoms. The smallest absolute Gasteiger partial charge is 0.316 e. The monoisotopic (exact) mass is 521 g/mol. The van der Waals surface area contributed by atoms with Gasteiger partial charge in [0.05, 0.1) is 5.75 Å². The highest BCUT2D eigenvalue weighted by Gasteiger charge is 2.51. The van der Waals surface area contributed by atoms with E-state index in [9.17, 15) is 9.59 Å². The Morgan fingerprint density at radius 3 is 2.45 bits per heavy atom. The van der Waals surface area contributed by atoms with Gasteiger partial charge in [0.15, 0.2) is 6.61 Å². The molecular formula is C24H25BrClNO3S. The summed E-state index contributed by atoms with van der Waals surface area (Å²) >= 11 is 11.3. The van der Waals surface area contributed by atoms with Crippen LogP contribution < -0.4 is 5.32 Å². The first-order valence-electron chi connectivity index (χ1n) is 10.9. The largest absolute Gasteiger partial charge is 0.455 e. The molecule has 4 fully saturated rings. The fourth-order valence-corrected chi connectivity index (χ4v) is 8.02. The Hall–Kier alpha value is -1.24. The second-order valence-corrected chi connectivity index (χ2v) is 11.7. The first-order chi connectivity index (χ1) is 14.9. The molecule has 31 heavy (non-hydrogen) atoms. The van der Waals surface area contributed by atoms with Crippen LogP contribution in [0, 0.1) is 17.8 Å². The van der Waals surface area contributed by atoms with E-state index in [1.165, 1.54) is 31.0 Å². The topological polar surface area (TPSA) is 55.4 Å². The molecule has 2 aromatic rings. The number of rotatable bonds is 6. The van der Waals surface area contributed by atoms with Gasteiger partial charge in [0.1, 0.15) is 0 Å². The number of esters is 1. The molecule has 4 aliphatic carbocycles. The average molecular weight is 523 g/mol. The molecule has 2 aromatic carbocycles. The first kappa shape index (κ1) is 21.6. The first-order valence-corrected chi connectivity index (χ1v) is 13.0. The zero-order valence-electron chi connectivity index (χ0n) is 17.2. The van der Waals surface area contributed by atoms with Gasteiger partial charge in [0.25, 0.3) is 5.91 Å². The Balaban J connectivity index is 1.15. The highest BCUT2D eigenvalue weighted by atomic mass is 79.9. The molecule has 0 spiro atoms. The van der Waals surface area contributed by atoms with Crippen molar-refractivity contribution in [1.29, 1.82) is 0 Å². The van der Waals surface area contributed by atoms with Gasteiger partial charge in [0, 0.05) is 25.3 Å². The van der Waals surface area contributed by atoms with E-state index in [-0.39, 0.29) is 23.8 Å². The summed E-state index contributed by atoms with van der Waals surface area (Å²) in [5.41, 5.74) is -0.0555. The molecular weight excluding hydrogens is 498 g/mol. The van der Waals surface area contributed by atoms with Gasteiger partial charge >= 0.3 is 5.97 Å². The predicted octanol–water partition coefficient (Wildman–Crippen LogP) is 5.98. The van der Waals surface area contributed by atoms with Crippen molar-refractivity contribution in [1.82, 2.24) is 5.32 Å². The minimum absolute atomic E-state index is 0.0555. The fraction of sp³-hybridized carbons (Fsp3) is 0.500. The molecule has 0 atom stereocenters. The van der Waals surface area contributed by atoms with Gasteiger partial charge in [-0.2, -0.15) is 0 Å². The maximum absolute atomic E-state index is 12.5. The summed E-state index contributed by atoms with van der Waals surface area (Å²) in [7, 11) is 0. The number of carbonyl (C=O) groups is 2. The van der Waals surface area contributed by atoms with Crippen molar-refractivity contribution in [3.05, 3.63) is 39.8 Å². The maximum atomic E-state index is 12.5. The molecule has 0 aromatic heterocycles. The number of halogens is 2. The van der Waals surface area contributed by atoms with Crippen LogP contribution in [-0.2, 0) is 14.3 Å². The van der Waals surface area contributed by atoms with Crippen LogP contribution in [0.5, 0.6) is 0 Å². The predicted molar refractivity (Wildman–Crippen MR) is 127 cm³/mol. The van der Waals surface area contributed by atoms with Crippen LogP contribution in [0.15, 0.2) is 39.7 Å². The molecule has 0 unspecified atom stereocenters. The Morgan fingerprint density at radius 2 is 1.77 bits per heavy atom. The van der Waals surface area contributed by atoms with E-state index < -0.39 is 5.97 Å². The lowest BCUT2D eigenvalue weighted by Gasteiger charge is -2.56. The Kier molecular flexibility index (Phi) is 5.99. The van der Waals surface area contributed by atoms with E-state index in [0.717, 1.165) is 57.2 Å². The molecule has 4 saturated carbocycles. The van der Waals surface area contributed by atoms with Crippen molar-refractivity contribution in [3.63, 3.8) is 0 Å². The Morgan fingerprint density at radius 1 is 1.10 bits per heavy atom. The summed E-state index contributed by atoms with van der Waals surface area (Å²) in [5, 5.41) is 5.80. The van der Waals surface area contributed by atoms with Crippen molar-refractivity contribution in [2.24, 2.45) is 17.8 Å². The average Bonchev–Trinajstić information content (AvgIpc) is 2.71. The lowest BCUT2D eigenvalue weighted by molar-refractivity contribution is -0.147. The summed E-state index contributed by atoms with van der Waals surface area (Å²) in [5.74, 6) is 1.85. The minimum atomic E-state index is -0.395. The van der Waals surface area contributed by atoms with E-state index in [2.05, 4.69) is 21.2 Å². The Labute approximate surface area is 199 Å². The minimum Gasteiger partial charge on any atom is -0.455 e. The molecule has 0 aliphatic heterocycles. The van der Waals surface area contributed by atoms with E-state index in [0.29, 0.717) is 5.02 Å². The third-order valence-electron chi connectivity index (χ3n) is 7.05. The van der Waals surface area contributed by atoms with E-state index >= 15 is 0 Å². The number of hydrogen-bond acceptors (Lipinski definition) is 4. The van der Waals surface area contributed by atoms with Crippen molar-refractivity contribution >= 4 is 61.9 Å². The third kappa shape index (κ3) is 4.49. The number of thioether (sulfide) groups is 1. The van der Waals surface area contributed by atoms with Gasteiger partial charge < -0.3 is 10.1 Å². The Bertz CT molecular complexity index is 1010. The second-order valence-electron chi connectivity index (χ2n) is 9.40. The van der Waals surface area contributed by atoms with Gasteiger partial charge in [0.2, 0.25) is 0 Å². The molecule has 6 rings (SSSR count). The molecule has 0 saturated heterocycles. The highest BCUT2D eigenvalue weighted by molar-refractivity contribution is 9.10. The van der Waals surface area contributed by atoms with Crippen molar-refractivity contribution < 1.29 is 14.3 Å². The summed E-state index contributed by atoms with van der Waals surface area (Å²) in [6.07, 6.45) is 7.26. The van der Waals surface area contributed by atoms with E-state index in [1.54, 1.807) is 0 Å². The van der Waals surface area contributed by atoms with Gasteiger partial charge in [-0.05, 0) is 79.9 Å². The van der Waals surface area contributed by atoms with Gasteiger partial charge in [-0.25, -0.2) is 0 Å². The molecule has 4 nitrogen and oxygen atoms in total. The molecule has 4 bridgehead atoms. The molecule has 1 amide bonds. The summed E-state index contributed by atoms with van der Waals surface area (Å²) in [6, 6.07) is 9.62. The molecule has 0 radical (unpaired) electrons. The lowest BCUT2D eigenvalue weighted by atomic mass is 9.53. The highest BCUT2D eigenvalue weighted by Crippen LogP contribution is 2.55. The van der Waals surface area contributed by atoms with Gasteiger partial charge in [-0.1, -0.05) is 39.7 Å². The standard InChI is InChI=1S/C24H25BrClNO3S/c25-18-4-5-20(23-17(18)2-1-3-19(23)26)31-13-22(29)30-12-21(28)27-24-9-14-6-15(10-24)8-16(7-14)11-24/h1-5,14-16H,6-13H2,(H,27,28).